The average molecular weight is 1180 g/mol. The molecule has 2 aromatic carbocycles. The SMILES string of the molecule is C[C@H]1CC[C@H]2CCC[C@@H](CCCc3cccc(O)c3C(=O)O[C@H](C[C@@H](O)C[C@@H]3CCC[C@H](C(C)(C)C(=O)O)O3)[C@@H](C)CC[C@@H]3CCC[C@H](CCCc4cccc(O)c4C(=O)O[C@@H]1C[C@@H](O)C[C@@H]1CCC[C@H](C(C)(C)C(=O)O)O1)O3)O2.[Co+2]. The van der Waals surface area contributed by atoms with Crippen molar-refractivity contribution in [1.29, 1.82) is 0 Å². The molecule has 2 aromatic rings. The van der Waals surface area contributed by atoms with E-state index in [9.17, 15) is 49.8 Å². The van der Waals surface area contributed by atoms with Crippen LogP contribution in [0.4, 0.5) is 0 Å². The number of aliphatic carboxylic acids is 2. The molecule has 7 rings (SSSR count). The molecule has 6 N–H and O–H groups in total. The van der Waals surface area contributed by atoms with Crippen molar-refractivity contribution in [3.63, 3.8) is 0 Å². The van der Waals surface area contributed by atoms with Crippen molar-refractivity contribution in [1.82, 2.24) is 0 Å². The minimum absolute atomic E-state index is 0. The van der Waals surface area contributed by atoms with Gasteiger partial charge in [-0.3, -0.25) is 9.59 Å². The minimum atomic E-state index is -1.09. The Morgan fingerprint density at radius 3 is 1.21 bits per heavy atom. The second-order valence-electron chi connectivity index (χ2n) is 25.7. The minimum Gasteiger partial charge on any atom is -0.507 e. The van der Waals surface area contributed by atoms with Gasteiger partial charge in [0.2, 0.25) is 0 Å². The second-order valence-corrected chi connectivity index (χ2v) is 25.7. The number of hydrogen-bond acceptors (Lipinski definition) is 14. The van der Waals surface area contributed by atoms with Gasteiger partial charge in [-0.15, -0.1) is 0 Å². The molecule has 5 heterocycles. The Kier molecular flexibility index (Phi) is 25.2. The summed E-state index contributed by atoms with van der Waals surface area (Å²) < 4.78 is 38.9. The molecule has 14 atom stereocenters. The zero-order valence-electron chi connectivity index (χ0n) is 49.0. The van der Waals surface area contributed by atoms with E-state index < -0.39 is 71.3 Å². The van der Waals surface area contributed by atoms with Gasteiger partial charge in [0, 0.05) is 12.8 Å². The third-order valence-electron chi connectivity index (χ3n) is 18.6. The number of aliphatic hydroxyl groups excluding tert-OH is 2. The Balaban J connectivity index is 0.0000106. The van der Waals surface area contributed by atoms with Crippen LogP contribution < -0.4 is 0 Å². The van der Waals surface area contributed by atoms with E-state index in [1.165, 1.54) is 12.1 Å². The van der Waals surface area contributed by atoms with E-state index in [0.717, 1.165) is 64.2 Å². The van der Waals surface area contributed by atoms with E-state index in [1.54, 1.807) is 39.8 Å². The van der Waals surface area contributed by atoms with Crippen molar-refractivity contribution < 1.29 is 95.0 Å². The number of fused-ring (bicyclic) bond motifs is 6. The first-order chi connectivity index (χ1) is 38.1. The zero-order valence-corrected chi connectivity index (χ0v) is 50.1. The predicted octanol–water partition coefficient (Wildman–Crippen LogP) is 11.6. The Morgan fingerprint density at radius 1 is 0.494 bits per heavy atom. The molecule has 17 heteroatoms. The smallest absolute Gasteiger partial charge is 0.507 e. The number of benzene rings is 2. The van der Waals surface area contributed by atoms with Crippen LogP contribution in [0.1, 0.15) is 227 Å². The first kappa shape index (κ1) is 66.3. The number of carboxylic acids is 2. The van der Waals surface area contributed by atoms with Gasteiger partial charge in [0.15, 0.2) is 0 Å². The number of carboxylic acid groups (broad SMARTS) is 2. The molecule has 0 amide bonds. The first-order valence-electron chi connectivity index (χ1n) is 30.6. The number of ether oxygens (including phenoxy) is 6. The molecule has 4 fully saturated rings. The summed E-state index contributed by atoms with van der Waals surface area (Å²) in [5.74, 6) is -3.90. The molecule has 81 heavy (non-hydrogen) atoms. The molecule has 16 nitrogen and oxygen atoms in total. The van der Waals surface area contributed by atoms with Crippen molar-refractivity contribution >= 4 is 23.9 Å². The van der Waals surface area contributed by atoms with Gasteiger partial charge in [0.05, 0.1) is 71.9 Å². The molecule has 4 saturated heterocycles. The van der Waals surface area contributed by atoms with Crippen LogP contribution >= 0.6 is 0 Å². The number of esters is 2. The van der Waals surface area contributed by atoms with Gasteiger partial charge in [-0.05, 0) is 217 Å². The predicted molar refractivity (Wildman–Crippen MR) is 301 cm³/mol. The Labute approximate surface area is 491 Å². The molecule has 1 radical (unpaired) electrons. The van der Waals surface area contributed by atoms with Gasteiger partial charge in [-0.2, -0.15) is 0 Å². The van der Waals surface area contributed by atoms with Crippen LogP contribution in [0.3, 0.4) is 0 Å². The van der Waals surface area contributed by atoms with Crippen LogP contribution in [-0.2, 0) is 67.6 Å². The van der Waals surface area contributed by atoms with E-state index >= 15 is 0 Å². The average Bonchev–Trinajstić information content (AvgIpc) is 3.42. The van der Waals surface area contributed by atoms with Gasteiger partial charge < -0.3 is 59.1 Å². The number of rotatable bonds is 12. The fraction of sp³-hybridized carbons (Fsp3) is 0.750. The van der Waals surface area contributed by atoms with Crippen molar-refractivity contribution in [2.75, 3.05) is 0 Å². The Hall–Kier alpha value is -3.81. The van der Waals surface area contributed by atoms with Crippen molar-refractivity contribution in [3.8, 4) is 11.5 Å². The maximum atomic E-state index is 14.4. The number of phenols is 2. The van der Waals surface area contributed by atoms with Crippen LogP contribution in [0.2, 0.25) is 0 Å². The summed E-state index contributed by atoms with van der Waals surface area (Å²) in [5, 5.41) is 65.8. The molecule has 0 spiro atoms. The number of aromatic hydroxyl groups is 2. The number of carbonyl (C=O) groups excluding carboxylic acids is 2. The summed E-state index contributed by atoms with van der Waals surface area (Å²) in [4.78, 5) is 53.1. The normalized spacial score (nSPS) is 31.0. The third-order valence-corrected chi connectivity index (χ3v) is 18.6. The fourth-order valence-electron chi connectivity index (χ4n) is 13.2. The van der Waals surface area contributed by atoms with Crippen LogP contribution in [0, 0.1) is 22.7 Å². The van der Waals surface area contributed by atoms with Crippen molar-refractivity contribution in [3.05, 3.63) is 58.7 Å². The fourth-order valence-corrected chi connectivity index (χ4v) is 13.2. The third kappa shape index (κ3) is 18.6. The summed E-state index contributed by atoms with van der Waals surface area (Å²) >= 11 is 0. The maximum absolute atomic E-state index is 14.4. The number of hydrogen-bond donors (Lipinski definition) is 6. The van der Waals surface area contributed by atoms with E-state index in [2.05, 4.69) is 0 Å². The summed E-state index contributed by atoms with van der Waals surface area (Å²) in [6.45, 7) is 10.7. The zero-order chi connectivity index (χ0) is 57.7. The van der Waals surface area contributed by atoms with E-state index in [1.807, 2.05) is 26.0 Å². The van der Waals surface area contributed by atoms with E-state index in [4.69, 9.17) is 28.4 Å². The topological polar surface area (TPSA) is 245 Å². The van der Waals surface area contributed by atoms with Crippen LogP contribution in [0.25, 0.3) is 0 Å². The van der Waals surface area contributed by atoms with Crippen molar-refractivity contribution in [2.45, 2.75) is 282 Å². The largest absolute Gasteiger partial charge is 2.00 e. The summed E-state index contributed by atoms with van der Waals surface area (Å²) in [6.07, 6.45) is 11.7. The number of aryl methyl sites for hydroxylation is 2. The van der Waals surface area contributed by atoms with Gasteiger partial charge in [-0.25, -0.2) is 9.59 Å². The summed E-state index contributed by atoms with van der Waals surface area (Å²) in [6, 6.07) is 10.2. The number of cyclic esters (lactones) is 2. The Bertz CT molecular complexity index is 2180. The van der Waals surface area contributed by atoms with Crippen LogP contribution in [-0.4, -0.2) is 128 Å². The standard InChI is InChI=1S/C64H96O16.Co/c1-39-31-33-47-23-11-21-45(75-47)19-8-16-42-18-10-28-52(68)58(42)60(70)80-54(38-44(66)36-50-26-14-30-56(78-50)64(5,6)62(73)74)40(2)32-34-48-24-12-22-46(76-48)20-7-15-41-17-9-27-51(67)57(41)59(69)79-53(39)37-43(65)35-49-25-13-29-55(77-49)63(3,4)61(71)72;/h9-10,17-18,27-28,39-40,43-50,53-56,65-68H,7-8,11-16,19-26,29-38H2,1-6H3,(H,71,72)(H,73,74);/q;+2/t39-,40-,43-,44-,45-,46+,47-,48+,49-,50-,53+,54+,55+,56+;/m0./s1. The molecule has 5 aliphatic rings. The summed E-state index contributed by atoms with van der Waals surface area (Å²) in [7, 11) is 0. The molecule has 0 aliphatic carbocycles. The van der Waals surface area contributed by atoms with E-state index in [0.29, 0.717) is 88.2 Å². The molecule has 455 valence electrons. The van der Waals surface area contributed by atoms with Crippen LogP contribution in [0.15, 0.2) is 36.4 Å². The maximum Gasteiger partial charge on any atom is 2.00 e. The molecule has 0 saturated carbocycles. The quantitative estimate of drug-likeness (QED) is 0.108. The summed E-state index contributed by atoms with van der Waals surface area (Å²) in [5.41, 5.74) is -0.609. The molecule has 4 bridgehead atoms. The molecule has 5 aliphatic heterocycles. The van der Waals surface area contributed by atoms with Crippen LogP contribution in [0.5, 0.6) is 11.5 Å². The van der Waals surface area contributed by atoms with Gasteiger partial charge in [-0.1, -0.05) is 38.1 Å². The number of phenolic OH excluding ortho intramolecular Hbond substituents is 2. The van der Waals surface area contributed by atoms with E-state index in [-0.39, 0.29) is 114 Å². The first-order valence-corrected chi connectivity index (χ1v) is 30.6. The Morgan fingerprint density at radius 2 is 0.840 bits per heavy atom. The monoisotopic (exact) mass is 1180 g/mol. The van der Waals surface area contributed by atoms with Gasteiger partial charge >= 0.3 is 40.7 Å². The number of carbonyl (C=O) groups is 4. The van der Waals surface area contributed by atoms with Crippen molar-refractivity contribution in [2.24, 2.45) is 22.7 Å². The molecule has 0 unspecified atom stereocenters. The number of aliphatic hydroxyl groups is 2. The van der Waals surface area contributed by atoms with Gasteiger partial charge in [0.25, 0.3) is 0 Å². The van der Waals surface area contributed by atoms with Gasteiger partial charge in [0.1, 0.15) is 34.8 Å². The second kappa shape index (κ2) is 30.8. The molecule has 0 aromatic heterocycles. The molecular weight excluding hydrogens is 1080 g/mol. The molecular formula is C64H96CoO16+2.